The molecule has 0 aromatic heterocycles. The fourth-order valence-electron chi connectivity index (χ4n) is 3.39. The Morgan fingerprint density at radius 2 is 1.96 bits per heavy atom. The number of carbonyl (C=O) groups excluding carboxylic acids is 1. The van der Waals surface area contributed by atoms with Crippen LogP contribution in [0.2, 0.25) is 0 Å². The van der Waals surface area contributed by atoms with Gasteiger partial charge >= 0.3 is 0 Å². The second-order valence-corrected chi connectivity index (χ2v) is 6.31. The lowest BCUT2D eigenvalue weighted by Gasteiger charge is -2.25. The van der Waals surface area contributed by atoms with E-state index in [1.54, 1.807) is 24.1 Å². The third-order valence-corrected chi connectivity index (χ3v) is 4.65. The molecule has 1 N–H and O–H groups in total. The largest absolute Gasteiger partial charge is 0.496 e. The molecule has 0 spiro atoms. The third kappa shape index (κ3) is 3.99. The number of nitrogens with zero attached hydrogens (tertiary/aromatic N) is 1. The first kappa shape index (κ1) is 17.4. The van der Waals surface area contributed by atoms with Gasteiger partial charge in [-0.25, -0.2) is 4.39 Å². The zero-order valence-corrected chi connectivity index (χ0v) is 14.2. The van der Waals surface area contributed by atoms with Gasteiger partial charge < -0.3 is 14.7 Å². The number of ether oxygens (including phenoxy) is 1. The summed E-state index contributed by atoms with van der Waals surface area (Å²) in [5.41, 5.74) is 1.83. The molecule has 0 bridgehead atoms. The van der Waals surface area contributed by atoms with E-state index in [0.717, 1.165) is 16.9 Å². The van der Waals surface area contributed by atoms with E-state index in [-0.39, 0.29) is 17.8 Å². The highest BCUT2D eigenvalue weighted by Crippen LogP contribution is 2.33. The van der Waals surface area contributed by atoms with E-state index in [9.17, 15) is 14.3 Å². The summed E-state index contributed by atoms with van der Waals surface area (Å²) in [6.07, 6.45) is 0.841. The number of methoxy groups -OCH3 is 1. The third-order valence-electron chi connectivity index (χ3n) is 4.65. The zero-order chi connectivity index (χ0) is 17.8. The molecule has 1 heterocycles. The van der Waals surface area contributed by atoms with Gasteiger partial charge in [0.1, 0.15) is 11.6 Å². The van der Waals surface area contributed by atoms with Gasteiger partial charge in [-0.15, -0.1) is 0 Å². The number of likely N-dealkylation sites (tertiary alicyclic amines) is 1. The molecule has 2 atom stereocenters. The number of aryl methyl sites for hydroxylation is 1. The highest BCUT2D eigenvalue weighted by atomic mass is 19.1. The highest BCUT2D eigenvalue weighted by molar-refractivity contribution is 5.77. The molecule has 2 aromatic carbocycles. The molecule has 0 saturated carbocycles. The van der Waals surface area contributed by atoms with Crippen LogP contribution in [0.4, 0.5) is 4.39 Å². The van der Waals surface area contributed by atoms with Crippen molar-refractivity contribution in [3.63, 3.8) is 0 Å². The molecule has 0 aliphatic carbocycles. The summed E-state index contributed by atoms with van der Waals surface area (Å²) in [5, 5.41) is 10.0. The first-order valence-electron chi connectivity index (χ1n) is 8.43. The van der Waals surface area contributed by atoms with Crippen molar-refractivity contribution in [2.45, 2.75) is 31.4 Å². The van der Waals surface area contributed by atoms with Gasteiger partial charge in [-0.1, -0.05) is 30.3 Å². The molecule has 4 nitrogen and oxygen atoms in total. The molecule has 2 unspecified atom stereocenters. The average molecular weight is 343 g/mol. The number of para-hydroxylation sites is 1. The van der Waals surface area contributed by atoms with Gasteiger partial charge in [0.2, 0.25) is 5.91 Å². The smallest absolute Gasteiger partial charge is 0.223 e. The van der Waals surface area contributed by atoms with Crippen LogP contribution in [0.5, 0.6) is 5.75 Å². The molecule has 0 radical (unpaired) electrons. The topological polar surface area (TPSA) is 49.8 Å². The molecular formula is C20H22FNO3. The summed E-state index contributed by atoms with van der Waals surface area (Å²) in [4.78, 5) is 14.4. The van der Waals surface area contributed by atoms with E-state index in [1.165, 1.54) is 12.1 Å². The van der Waals surface area contributed by atoms with Gasteiger partial charge in [-0.2, -0.15) is 0 Å². The number of hydrogen-bond acceptors (Lipinski definition) is 3. The van der Waals surface area contributed by atoms with Crippen molar-refractivity contribution in [2.75, 3.05) is 13.7 Å². The highest BCUT2D eigenvalue weighted by Gasteiger charge is 2.34. The number of aliphatic hydroxyl groups excluding tert-OH is 1. The number of amides is 1. The van der Waals surface area contributed by atoms with Crippen molar-refractivity contribution in [1.82, 2.24) is 4.90 Å². The van der Waals surface area contributed by atoms with E-state index >= 15 is 0 Å². The standard InChI is InChI=1S/C20H22FNO3/c1-25-19-5-3-2-4-15(19)8-11-20(24)22-13-17(23)12-18(22)14-6-9-16(21)10-7-14/h2-7,9-10,17-18,23H,8,11-13H2,1H3. The van der Waals surface area contributed by atoms with Crippen molar-refractivity contribution in [1.29, 1.82) is 0 Å². The monoisotopic (exact) mass is 343 g/mol. The molecule has 2 aromatic rings. The number of β-amino-alcohol motifs (C(OH)–C–C–N with tert-alkyl or cyclic N) is 1. The Morgan fingerprint density at radius 3 is 2.68 bits per heavy atom. The first-order chi connectivity index (χ1) is 12.1. The number of halogens is 1. The van der Waals surface area contributed by atoms with Crippen molar-refractivity contribution < 1.29 is 19.0 Å². The quantitative estimate of drug-likeness (QED) is 0.908. The maximum Gasteiger partial charge on any atom is 0.223 e. The van der Waals surface area contributed by atoms with Crippen molar-refractivity contribution in [3.05, 3.63) is 65.5 Å². The van der Waals surface area contributed by atoms with Crippen LogP contribution >= 0.6 is 0 Å². The van der Waals surface area contributed by atoms with E-state index < -0.39 is 6.10 Å². The Balaban J connectivity index is 1.70. The Kier molecular flexibility index (Phi) is 5.34. The molecule has 1 aliphatic heterocycles. The van der Waals surface area contributed by atoms with Gasteiger partial charge in [-0.05, 0) is 42.2 Å². The lowest BCUT2D eigenvalue weighted by Crippen LogP contribution is -2.32. The fourth-order valence-corrected chi connectivity index (χ4v) is 3.39. The van der Waals surface area contributed by atoms with Crippen LogP contribution < -0.4 is 4.74 Å². The van der Waals surface area contributed by atoms with Gasteiger partial charge in [0.15, 0.2) is 0 Å². The second-order valence-electron chi connectivity index (χ2n) is 6.31. The van der Waals surface area contributed by atoms with Crippen LogP contribution in [0.1, 0.15) is 30.0 Å². The molecule has 132 valence electrons. The summed E-state index contributed by atoms with van der Waals surface area (Å²) < 4.78 is 18.5. The van der Waals surface area contributed by atoms with Crippen LogP contribution in [0.15, 0.2) is 48.5 Å². The number of rotatable bonds is 5. The molecule has 25 heavy (non-hydrogen) atoms. The SMILES string of the molecule is COc1ccccc1CCC(=O)N1CC(O)CC1c1ccc(F)cc1. The fraction of sp³-hybridized carbons (Fsp3) is 0.350. The molecule has 5 heteroatoms. The van der Waals surface area contributed by atoms with Crippen molar-refractivity contribution in [3.8, 4) is 5.75 Å². The molecular weight excluding hydrogens is 321 g/mol. The molecule has 3 rings (SSSR count). The summed E-state index contributed by atoms with van der Waals surface area (Å²) >= 11 is 0. The minimum Gasteiger partial charge on any atom is -0.496 e. The molecule has 1 fully saturated rings. The summed E-state index contributed by atoms with van der Waals surface area (Å²) in [6.45, 7) is 0.312. The molecule has 1 aliphatic rings. The van der Waals surface area contributed by atoms with Gasteiger partial charge in [0, 0.05) is 13.0 Å². The van der Waals surface area contributed by atoms with Crippen LogP contribution in [-0.4, -0.2) is 35.7 Å². The molecule has 1 saturated heterocycles. The minimum absolute atomic E-state index is 0.0169. The summed E-state index contributed by atoms with van der Waals surface area (Å²) in [7, 11) is 1.61. The normalized spacial score (nSPS) is 19.9. The first-order valence-corrected chi connectivity index (χ1v) is 8.43. The maximum atomic E-state index is 13.1. The zero-order valence-electron chi connectivity index (χ0n) is 14.2. The van der Waals surface area contributed by atoms with Crippen LogP contribution in [0.3, 0.4) is 0 Å². The predicted molar refractivity (Wildman–Crippen MR) is 92.8 cm³/mol. The number of aliphatic hydroxyl groups is 1. The Hall–Kier alpha value is -2.40. The maximum absolute atomic E-state index is 13.1. The summed E-state index contributed by atoms with van der Waals surface area (Å²) in [5.74, 6) is 0.444. The van der Waals surface area contributed by atoms with E-state index in [2.05, 4.69) is 0 Å². The van der Waals surface area contributed by atoms with Gasteiger partial charge in [0.05, 0.1) is 19.3 Å². The number of hydrogen-bond donors (Lipinski definition) is 1. The van der Waals surface area contributed by atoms with E-state index in [4.69, 9.17) is 4.74 Å². The Bertz CT molecular complexity index is 732. The predicted octanol–water partition coefficient (Wildman–Crippen LogP) is 3.10. The van der Waals surface area contributed by atoms with Crippen LogP contribution in [0, 0.1) is 5.82 Å². The minimum atomic E-state index is -0.551. The van der Waals surface area contributed by atoms with E-state index in [1.807, 2.05) is 24.3 Å². The van der Waals surface area contributed by atoms with Crippen molar-refractivity contribution in [2.24, 2.45) is 0 Å². The van der Waals surface area contributed by atoms with Crippen LogP contribution in [0.25, 0.3) is 0 Å². The van der Waals surface area contributed by atoms with Gasteiger partial charge in [-0.3, -0.25) is 4.79 Å². The lowest BCUT2D eigenvalue weighted by molar-refractivity contribution is -0.132. The van der Waals surface area contributed by atoms with Crippen molar-refractivity contribution >= 4 is 5.91 Å². The Morgan fingerprint density at radius 1 is 1.24 bits per heavy atom. The number of benzene rings is 2. The molecule has 1 amide bonds. The lowest BCUT2D eigenvalue weighted by atomic mass is 10.0. The van der Waals surface area contributed by atoms with E-state index in [0.29, 0.717) is 25.8 Å². The Labute approximate surface area is 146 Å². The van der Waals surface area contributed by atoms with Crippen LogP contribution in [-0.2, 0) is 11.2 Å². The van der Waals surface area contributed by atoms with Gasteiger partial charge in [0.25, 0.3) is 0 Å². The second kappa shape index (κ2) is 7.66. The summed E-state index contributed by atoms with van der Waals surface area (Å²) in [6, 6.07) is 13.6. The average Bonchev–Trinajstić information content (AvgIpc) is 3.02. The number of carbonyl (C=O) groups is 1.